The number of hydrogen-bond acceptors (Lipinski definition) is 5. The highest BCUT2D eigenvalue weighted by Crippen LogP contribution is 2.31. The van der Waals surface area contributed by atoms with Crippen LogP contribution in [0.25, 0.3) is 5.69 Å². The molecule has 1 amide bonds. The van der Waals surface area contributed by atoms with Crippen molar-refractivity contribution < 1.29 is 9.53 Å². The van der Waals surface area contributed by atoms with Crippen LogP contribution in [0, 0.1) is 0 Å². The molecule has 29 heavy (non-hydrogen) atoms. The molecular weight excluding hydrogens is 366 g/mol. The van der Waals surface area contributed by atoms with Crippen LogP contribution in [0.2, 0.25) is 0 Å². The van der Waals surface area contributed by atoms with Crippen LogP contribution in [-0.2, 0) is 4.74 Å². The van der Waals surface area contributed by atoms with E-state index in [4.69, 9.17) is 4.74 Å². The second-order valence-corrected chi connectivity index (χ2v) is 7.41. The minimum atomic E-state index is -0.179. The Kier molecular flexibility index (Phi) is 5.69. The number of para-hydroxylation sites is 1. The van der Waals surface area contributed by atoms with Crippen molar-refractivity contribution in [2.24, 2.45) is 0 Å². The lowest BCUT2D eigenvalue weighted by atomic mass is 9.97. The van der Waals surface area contributed by atoms with E-state index in [-0.39, 0.29) is 18.1 Å². The molecule has 3 aromatic rings. The Morgan fingerprint density at radius 3 is 2.48 bits per heavy atom. The zero-order chi connectivity index (χ0) is 20.2. The van der Waals surface area contributed by atoms with Crippen LogP contribution >= 0.6 is 0 Å². The molecule has 150 valence electrons. The highest BCUT2D eigenvalue weighted by Gasteiger charge is 2.37. The average Bonchev–Trinajstić information content (AvgIpc) is 3.24. The molecule has 0 aliphatic carbocycles. The number of aromatic nitrogens is 3. The standard InChI is InChI=1S/C22H25N5O2/c1-25(2)16-20-21(17-9-5-3-6-10-17)26(13-14-29-20)22(28)19-15-27(24-23-19)18-11-7-4-8-12-18/h3-12,15,20-21H,13-14,16H2,1-2H3/t20-,21-/m0/s1. The van der Waals surface area contributed by atoms with Gasteiger partial charge in [-0.05, 0) is 31.8 Å². The summed E-state index contributed by atoms with van der Waals surface area (Å²) in [5.74, 6) is -0.131. The highest BCUT2D eigenvalue weighted by atomic mass is 16.5. The van der Waals surface area contributed by atoms with Gasteiger partial charge in [0.25, 0.3) is 5.91 Å². The molecule has 1 aromatic heterocycles. The number of nitrogens with zero attached hydrogens (tertiary/aromatic N) is 5. The minimum Gasteiger partial charge on any atom is -0.373 e. The van der Waals surface area contributed by atoms with Crippen molar-refractivity contribution in [1.82, 2.24) is 24.8 Å². The maximum Gasteiger partial charge on any atom is 0.276 e. The van der Waals surface area contributed by atoms with E-state index in [1.54, 1.807) is 10.9 Å². The molecule has 0 radical (unpaired) electrons. The Morgan fingerprint density at radius 1 is 1.10 bits per heavy atom. The Bertz CT molecular complexity index is 942. The normalized spacial score (nSPS) is 19.5. The average molecular weight is 391 g/mol. The first-order valence-corrected chi connectivity index (χ1v) is 9.73. The molecule has 0 bridgehead atoms. The summed E-state index contributed by atoms with van der Waals surface area (Å²) in [4.78, 5) is 17.4. The van der Waals surface area contributed by atoms with Crippen molar-refractivity contribution >= 4 is 5.91 Å². The first kappa shape index (κ1) is 19.3. The molecule has 0 unspecified atom stereocenters. The third-order valence-corrected chi connectivity index (χ3v) is 5.03. The van der Waals surface area contributed by atoms with E-state index >= 15 is 0 Å². The van der Waals surface area contributed by atoms with Gasteiger partial charge in [-0.25, -0.2) is 4.68 Å². The zero-order valence-electron chi connectivity index (χ0n) is 16.7. The van der Waals surface area contributed by atoms with Gasteiger partial charge in [-0.3, -0.25) is 4.79 Å². The lowest BCUT2D eigenvalue weighted by molar-refractivity contribution is -0.0686. The lowest BCUT2D eigenvalue weighted by Crippen LogP contribution is -2.51. The van der Waals surface area contributed by atoms with Crippen LogP contribution in [0.1, 0.15) is 22.1 Å². The number of ether oxygens (including phenoxy) is 1. The molecule has 0 N–H and O–H groups in total. The quantitative estimate of drug-likeness (QED) is 0.668. The van der Waals surface area contributed by atoms with Crippen molar-refractivity contribution in [1.29, 1.82) is 0 Å². The van der Waals surface area contributed by atoms with Crippen LogP contribution in [0.15, 0.2) is 66.9 Å². The molecule has 4 rings (SSSR count). The maximum atomic E-state index is 13.4. The fraction of sp³-hybridized carbons (Fsp3) is 0.318. The van der Waals surface area contributed by atoms with E-state index in [1.807, 2.05) is 79.7 Å². The predicted octanol–water partition coefficient (Wildman–Crippen LogP) is 2.41. The van der Waals surface area contributed by atoms with Crippen LogP contribution in [0.3, 0.4) is 0 Å². The first-order chi connectivity index (χ1) is 14.1. The zero-order valence-corrected chi connectivity index (χ0v) is 16.7. The molecule has 0 saturated carbocycles. The molecular formula is C22H25N5O2. The summed E-state index contributed by atoms with van der Waals surface area (Å²) < 4.78 is 7.70. The number of carbonyl (C=O) groups excluding carboxylic acids is 1. The van der Waals surface area contributed by atoms with E-state index in [0.29, 0.717) is 18.8 Å². The van der Waals surface area contributed by atoms with Crippen molar-refractivity contribution in [2.75, 3.05) is 33.8 Å². The van der Waals surface area contributed by atoms with E-state index in [1.165, 1.54) is 0 Å². The summed E-state index contributed by atoms with van der Waals surface area (Å²) in [6.45, 7) is 1.74. The van der Waals surface area contributed by atoms with Crippen molar-refractivity contribution in [3.8, 4) is 5.69 Å². The van der Waals surface area contributed by atoms with Gasteiger partial charge in [0.15, 0.2) is 5.69 Å². The third-order valence-electron chi connectivity index (χ3n) is 5.03. The largest absolute Gasteiger partial charge is 0.373 e. The van der Waals surface area contributed by atoms with Gasteiger partial charge in [0.2, 0.25) is 0 Å². The van der Waals surface area contributed by atoms with E-state index in [0.717, 1.165) is 17.8 Å². The summed E-state index contributed by atoms with van der Waals surface area (Å²) in [7, 11) is 4.02. The molecule has 2 aromatic carbocycles. The Balaban J connectivity index is 1.64. The van der Waals surface area contributed by atoms with Gasteiger partial charge in [-0.15, -0.1) is 5.10 Å². The second-order valence-electron chi connectivity index (χ2n) is 7.41. The molecule has 7 nitrogen and oxygen atoms in total. The van der Waals surface area contributed by atoms with E-state index in [9.17, 15) is 4.79 Å². The number of amides is 1. The lowest BCUT2D eigenvalue weighted by Gasteiger charge is -2.42. The van der Waals surface area contributed by atoms with Crippen LogP contribution < -0.4 is 0 Å². The number of rotatable bonds is 5. The van der Waals surface area contributed by atoms with Crippen molar-refractivity contribution in [2.45, 2.75) is 12.1 Å². The molecule has 1 aliphatic heterocycles. The van der Waals surface area contributed by atoms with Crippen LogP contribution in [0.4, 0.5) is 0 Å². The molecule has 1 aliphatic rings. The fourth-order valence-corrected chi connectivity index (χ4v) is 3.73. The number of hydrogen-bond donors (Lipinski definition) is 0. The van der Waals surface area contributed by atoms with Crippen molar-refractivity contribution in [3.63, 3.8) is 0 Å². The smallest absolute Gasteiger partial charge is 0.276 e. The fourth-order valence-electron chi connectivity index (χ4n) is 3.73. The summed E-state index contributed by atoms with van der Waals surface area (Å²) in [6.07, 6.45) is 1.57. The number of carbonyl (C=O) groups is 1. The van der Waals surface area contributed by atoms with Gasteiger partial charge in [0.1, 0.15) is 0 Å². The van der Waals surface area contributed by atoms with Gasteiger partial charge in [0, 0.05) is 13.1 Å². The molecule has 0 spiro atoms. The van der Waals surface area contributed by atoms with E-state index < -0.39 is 0 Å². The first-order valence-electron chi connectivity index (χ1n) is 9.73. The third kappa shape index (κ3) is 4.21. The minimum absolute atomic E-state index is 0.116. The van der Waals surface area contributed by atoms with Crippen LogP contribution in [0.5, 0.6) is 0 Å². The number of benzene rings is 2. The summed E-state index contributed by atoms with van der Waals surface area (Å²) in [5, 5.41) is 8.30. The monoisotopic (exact) mass is 391 g/mol. The number of morpholine rings is 1. The predicted molar refractivity (Wildman–Crippen MR) is 110 cm³/mol. The second kappa shape index (κ2) is 8.55. The molecule has 1 saturated heterocycles. The Hall–Kier alpha value is -3.03. The molecule has 2 atom stereocenters. The van der Waals surface area contributed by atoms with Gasteiger partial charge < -0.3 is 14.5 Å². The molecule has 7 heteroatoms. The van der Waals surface area contributed by atoms with Gasteiger partial charge in [-0.2, -0.15) is 0 Å². The Labute approximate surface area is 170 Å². The highest BCUT2D eigenvalue weighted by molar-refractivity contribution is 5.92. The van der Waals surface area contributed by atoms with E-state index in [2.05, 4.69) is 15.2 Å². The van der Waals surface area contributed by atoms with Crippen molar-refractivity contribution in [3.05, 3.63) is 78.1 Å². The topological polar surface area (TPSA) is 63.5 Å². The SMILES string of the molecule is CN(C)C[C@@H]1OCCN(C(=O)c2cn(-c3ccccc3)nn2)[C@H]1c1ccccc1. The number of likely N-dealkylation sites (N-methyl/N-ethyl adjacent to an activating group) is 1. The summed E-state index contributed by atoms with van der Waals surface area (Å²) in [6, 6.07) is 19.5. The van der Waals surface area contributed by atoms with Gasteiger partial charge >= 0.3 is 0 Å². The molecule has 1 fully saturated rings. The molecule has 2 heterocycles. The summed E-state index contributed by atoms with van der Waals surface area (Å²) >= 11 is 0. The summed E-state index contributed by atoms with van der Waals surface area (Å²) in [5.41, 5.74) is 2.26. The van der Waals surface area contributed by atoms with Crippen LogP contribution in [-0.4, -0.2) is 70.6 Å². The van der Waals surface area contributed by atoms with Gasteiger partial charge in [-0.1, -0.05) is 53.7 Å². The maximum absolute atomic E-state index is 13.4. The Morgan fingerprint density at radius 2 is 1.79 bits per heavy atom. The van der Waals surface area contributed by atoms with Gasteiger partial charge in [0.05, 0.1) is 30.6 Å².